The zero-order chi connectivity index (χ0) is 21.8. The van der Waals surface area contributed by atoms with Gasteiger partial charge in [-0.3, -0.25) is 14.2 Å². The number of aryl methyl sites for hydroxylation is 3. The van der Waals surface area contributed by atoms with Gasteiger partial charge in [0, 0.05) is 10.6 Å². The third-order valence-electron chi connectivity index (χ3n) is 5.18. The van der Waals surface area contributed by atoms with Crippen LogP contribution in [0.15, 0.2) is 29.1 Å². The van der Waals surface area contributed by atoms with Gasteiger partial charge in [-0.1, -0.05) is 25.5 Å². The van der Waals surface area contributed by atoms with E-state index in [1.807, 2.05) is 57.1 Å². The number of hydrogen-bond acceptors (Lipinski definition) is 5. The zero-order valence-electron chi connectivity index (χ0n) is 18.4. The summed E-state index contributed by atoms with van der Waals surface area (Å²) in [5, 5.41) is 3.53. The van der Waals surface area contributed by atoms with Gasteiger partial charge in [0.15, 0.2) is 0 Å². The van der Waals surface area contributed by atoms with E-state index in [1.54, 1.807) is 0 Å². The molecule has 3 rings (SSSR count). The summed E-state index contributed by atoms with van der Waals surface area (Å²) >= 11 is 1.53. The van der Waals surface area contributed by atoms with E-state index in [4.69, 9.17) is 4.98 Å². The molecule has 0 spiro atoms. The van der Waals surface area contributed by atoms with Gasteiger partial charge < -0.3 is 10.2 Å². The SMILES string of the molecule is CCCCc1ccc(NC(=O)Cn2c(CN(C)C)nc3sc(C)c(C)c3c2=O)cc1. The lowest BCUT2D eigenvalue weighted by Crippen LogP contribution is -2.32. The molecule has 30 heavy (non-hydrogen) atoms. The Balaban J connectivity index is 1.86. The summed E-state index contributed by atoms with van der Waals surface area (Å²) in [4.78, 5) is 34.5. The van der Waals surface area contributed by atoms with Crippen LogP contribution in [0.25, 0.3) is 10.2 Å². The second-order valence-electron chi connectivity index (χ2n) is 7.97. The molecule has 0 aliphatic carbocycles. The van der Waals surface area contributed by atoms with Gasteiger partial charge in [-0.25, -0.2) is 4.98 Å². The first kappa shape index (κ1) is 22.2. The van der Waals surface area contributed by atoms with E-state index < -0.39 is 0 Å². The van der Waals surface area contributed by atoms with E-state index >= 15 is 0 Å². The number of unbranched alkanes of at least 4 members (excludes halogenated alkanes) is 1. The van der Waals surface area contributed by atoms with Crippen molar-refractivity contribution >= 4 is 33.1 Å². The summed E-state index contributed by atoms with van der Waals surface area (Å²) in [6, 6.07) is 7.92. The van der Waals surface area contributed by atoms with E-state index in [0.717, 1.165) is 40.2 Å². The second-order valence-corrected chi connectivity index (χ2v) is 9.17. The Morgan fingerprint density at radius 1 is 1.20 bits per heavy atom. The predicted molar refractivity (Wildman–Crippen MR) is 124 cm³/mol. The molecule has 0 aliphatic rings. The van der Waals surface area contributed by atoms with Crippen molar-refractivity contribution in [3.8, 4) is 0 Å². The van der Waals surface area contributed by atoms with Crippen LogP contribution in [0.4, 0.5) is 5.69 Å². The highest BCUT2D eigenvalue weighted by atomic mass is 32.1. The molecule has 2 aromatic heterocycles. The minimum atomic E-state index is -0.232. The lowest BCUT2D eigenvalue weighted by Gasteiger charge is -2.16. The molecule has 1 N–H and O–H groups in total. The van der Waals surface area contributed by atoms with E-state index in [1.165, 1.54) is 21.5 Å². The standard InChI is InChI=1S/C23H30N4O2S/c1-6-7-8-17-9-11-18(12-10-17)24-20(28)14-27-19(13-26(4)5)25-22-21(23(27)29)15(2)16(3)30-22/h9-12H,6-8,13-14H2,1-5H3,(H,24,28). The number of anilines is 1. The summed E-state index contributed by atoms with van der Waals surface area (Å²) in [5.41, 5.74) is 2.79. The molecule has 6 nitrogen and oxygen atoms in total. The summed E-state index contributed by atoms with van der Waals surface area (Å²) in [6.07, 6.45) is 3.35. The molecule has 2 heterocycles. The van der Waals surface area contributed by atoms with E-state index in [2.05, 4.69) is 12.2 Å². The lowest BCUT2D eigenvalue weighted by molar-refractivity contribution is -0.116. The quantitative estimate of drug-likeness (QED) is 0.588. The Hall–Kier alpha value is -2.51. The van der Waals surface area contributed by atoms with Gasteiger partial charge in [-0.15, -0.1) is 11.3 Å². The number of rotatable bonds is 8. The highest BCUT2D eigenvalue weighted by molar-refractivity contribution is 7.18. The van der Waals surface area contributed by atoms with Gasteiger partial charge in [0.1, 0.15) is 17.2 Å². The number of amides is 1. The van der Waals surface area contributed by atoms with Crippen molar-refractivity contribution in [2.45, 2.75) is 53.1 Å². The molecule has 160 valence electrons. The molecular weight excluding hydrogens is 396 g/mol. The Kier molecular flexibility index (Phi) is 7.05. The van der Waals surface area contributed by atoms with Crippen LogP contribution in [0.3, 0.4) is 0 Å². The molecule has 1 aromatic carbocycles. The van der Waals surface area contributed by atoms with Crippen LogP contribution in [0.5, 0.6) is 0 Å². The lowest BCUT2D eigenvalue weighted by atomic mass is 10.1. The monoisotopic (exact) mass is 426 g/mol. The van der Waals surface area contributed by atoms with Gasteiger partial charge in [-0.2, -0.15) is 0 Å². The second kappa shape index (κ2) is 9.53. The number of fused-ring (bicyclic) bond motifs is 1. The maximum atomic E-state index is 13.2. The molecule has 1 amide bonds. The topological polar surface area (TPSA) is 67.2 Å². The van der Waals surface area contributed by atoms with Crippen LogP contribution < -0.4 is 10.9 Å². The normalized spacial score (nSPS) is 11.4. The third kappa shape index (κ3) is 4.96. The van der Waals surface area contributed by atoms with Crippen LogP contribution in [-0.4, -0.2) is 34.5 Å². The zero-order valence-corrected chi connectivity index (χ0v) is 19.2. The van der Waals surface area contributed by atoms with Crippen molar-refractivity contribution in [1.29, 1.82) is 0 Å². The Morgan fingerprint density at radius 2 is 1.90 bits per heavy atom. The predicted octanol–water partition coefficient (Wildman–Crippen LogP) is 4.12. The van der Waals surface area contributed by atoms with Crippen LogP contribution in [0.1, 0.15) is 41.6 Å². The molecule has 3 aromatic rings. The summed E-state index contributed by atoms with van der Waals surface area (Å²) in [7, 11) is 3.84. The maximum absolute atomic E-state index is 13.2. The molecule has 0 saturated heterocycles. The van der Waals surface area contributed by atoms with E-state index in [9.17, 15) is 9.59 Å². The highest BCUT2D eigenvalue weighted by Crippen LogP contribution is 2.26. The molecule has 0 bridgehead atoms. The fourth-order valence-corrected chi connectivity index (χ4v) is 4.45. The number of carbonyl (C=O) groups is 1. The van der Waals surface area contributed by atoms with Gasteiger partial charge in [0.05, 0.1) is 11.9 Å². The highest BCUT2D eigenvalue weighted by Gasteiger charge is 2.18. The largest absolute Gasteiger partial charge is 0.325 e. The Labute approximate surface area is 181 Å². The average Bonchev–Trinajstić information content (AvgIpc) is 2.97. The van der Waals surface area contributed by atoms with Gasteiger partial charge in [0.2, 0.25) is 5.91 Å². The van der Waals surface area contributed by atoms with Crippen LogP contribution in [-0.2, 0) is 24.3 Å². The first-order chi connectivity index (χ1) is 14.3. The number of hydrogen-bond donors (Lipinski definition) is 1. The van der Waals surface area contributed by atoms with Crippen molar-refractivity contribution in [3.05, 3.63) is 56.4 Å². The molecule has 0 unspecified atom stereocenters. The summed E-state index contributed by atoms with van der Waals surface area (Å²) in [6.45, 7) is 6.53. The molecule has 0 fully saturated rings. The number of nitrogens with one attached hydrogen (secondary N) is 1. The van der Waals surface area contributed by atoms with Gasteiger partial charge in [-0.05, 0) is 64.0 Å². The molecule has 0 radical (unpaired) electrons. The summed E-state index contributed by atoms with van der Waals surface area (Å²) < 4.78 is 1.51. The number of benzene rings is 1. The number of aromatic nitrogens is 2. The van der Waals surface area contributed by atoms with Crippen LogP contribution in [0, 0.1) is 13.8 Å². The maximum Gasteiger partial charge on any atom is 0.263 e. The molecule has 0 saturated carbocycles. The van der Waals surface area contributed by atoms with Gasteiger partial charge in [0.25, 0.3) is 5.56 Å². The number of thiophene rings is 1. The van der Waals surface area contributed by atoms with Gasteiger partial charge >= 0.3 is 0 Å². The summed E-state index contributed by atoms with van der Waals surface area (Å²) in [5.74, 6) is 0.369. The van der Waals surface area contributed by atoms with E-state index in [0.29, 0.717) is 17.8 Å². The first-order valence-electron chi connectivity index (χ1n) is 10.3. The molecule has 0 atom stereocenters. The Morgan fingerprint density at radius 3 is 2.53 bits per heavy atom. The molecular formula is C23H30N4O2S. The fraction of sp³-hybridized carbons (Fsp3) is 0.435. The van der Waals surface area contributed by atoms with Crippen molar-refractivity contribution in [1.82, 2.24) is 14.5 Å². The van der Waals surface area contributed by atoms with Crippen molar-refractivity contribution in [2.75, 3.05) is 19.4 Å². The fourth-order valence-electron chi connectivity index (χ4n) is 3.42. The minimum absolute atomic E-state index is 0.0587. The smallest absolute Gasteiger partial charge is 0.263 e. The minimum Gasteiger partial charge on any atom is -0.325 e. The van der Waals surface area contributed by atoms with Crippen molar-refractivity contribution < 1.29 is 4.79 Å². The third-order valence-corrected chi connectivity index (χ3v) is 6.29. The number of carbonyl (C=O) groups excluding carboxylic acids is 1. The van der Waals surface area contributed by atoms with Crippen molar-refractivity contribution in [2.24, 2.45) is 0 Å². The Bertz CT molecular complexity index is 1100. The van der Waals surface area contributed by atoms with Crippen LogP contribution >= 0.6 is 11.3 Å². The number of nitrogens with zero attached hydrogens (tertiary/aromatic N) is 3. The average molecular weight is 427 g/mol. The first-order valence-corrected chi connectivity index (χ1v) is 11.1. The van der Waals surface area contributed by atoms with Crippen molar-refractivity contribution in [3.63, 3.8) is 0 Å². The molecule has 0 aliphatic heterocycles. The van der Waals surface area contributed by atoms with E-state index in [-0.39, 0.29) is 18.0 Å². The molecule has 7 heteroatoms. The van der Waals surface area contributed by atoms with Crippen LogP contribution in [0.2, 0.25) is 0 Å².